The normalized spacial score (nSPS) is 11.9. The monoisotopic (exact) mass is 326 g/mol. The molecule has 1 aromatic carbocycles. The molecule has 5 nitrogen and oxygen atoms in total. The van der Waals surface area contributed by atoms with Gasteiger partial charge in [-0.15, -0.1) is 11.3 Å². The first-order chi connectivity index (χ1) is 11.2. The molecule has 0 aliphatic rings. The minimum absolute atomic E-state index is 0.00577. The molecule has 118 valence electrons. The molecule has 0 radical (unpaired) electrons. The molecule has 0 saturated heterocycles. The first kappa shape index (κ1) is 15.3. The van der Waals surface area contributed by atoms with Crippen molar-refractivity contribution in [3.63, 3.8) is 0 Å². The van der Waals surface area contributed by atoms with Crippen LogP contribution in [0.1, 0.15) is 16.5 Å². The molecule has 0 bridgehead atoms. The average Bonchev–Trinajstić information content (AvgIpc) is 3.24. The number of aromatic nitrogens is 2. The van der Waals surface area contributed by atoms with Crippen LogP contribution in [-0.2, 0) is 0 Å². The molecule has 0 saturated carbocycles. The van der Waals surface area contributed by atoms with E-state index >= 15 is 0 Å². The number of rotatable bonds is 5. The summed E-state index contributed by atoms with van der Waals surface area (Å²) in [4.78, 5) is 13.2. The van der Waals surface area contributed by atoms with Crippen molar-refractivity contribution in [2.24, 2.45) is 0 Å². The lowest BCUT2D eigenvalue weighted by atomic mass is 10.2. The number of thiophene rings is 1. The van der Waals surface area contributed by atoms with Crippen LogP contribution in [0.5, 0.6) is 0 Å². The number of carbonyl (C=O) groups excluding carboxylic acids is 1. The molecule has 0 aliphatic carbocycles. The van der Waals surface area contributed by atoms with Crippen molar-refractivity contribution in [2.45, 2.75) is 13.0 Å². The average molecular weight is 326 g/mol. The zero-order valence-electron chi connectivity index (χ0n) is 12.8. The molecule has 3 rings (SSSR count). The van der Waals surface area contributed by atoms with Crippen molar-refractivity contribution < 1.29 is 4.79 Å². The lowest BCUT2D eigenvalue weighted by molar-refractivity contribution is 0.250. The Bertz CT molecular complexity index is 701. The van der Waals surface area contributed by atoms with Crippen molar-refractivity contribution >= 4 is 23.1 Å². The topological polar surface area (TPSA) is 59.0 Å². The SMILES string of the molecule is Cc1ccc(NC(=O)NCC(c2cccs2)n2cccn2)cc1. The zero-order valence-corrected chi connectivity index (χ0v) is 13.6. The Morgan fingerprint density at radius 3 is 2.74 bits per heavy atom. The second kappa shape index (κ2) is 7.11. The maximum Gasteiger partial charge on any atom is 0.319 e. The summed E-state index contributed by atoms with van der Waals surface area (Å²) in [5.41, 5.74) is 1.94. The molecule has 2 aromatic heterocycles. The number of amides is 2. The number of aryl methyl sites for hydroxylation is 1. The predicted octanol–water partition coefficient (Wildman–Crippen LogP) is 3.66. The lowest BCUT2D eigenvalue weighted by Gasteiger charge is -2.17. The summed E-state index contributed by atoms with van der Waals surface area (Å²) >= 11 is 1.65. The summed E-state index contributed by atoms with van der Waals surface area (Å²) in [5.74, 6) is 0. The first-order valence-electron chi connectivity index (χ1n) is 7.36. The van der Waals surface area contributed by atoms with E-state index in [0.29, 0.717) is 6.54 Å². The highest BCUT2D eigenvalue weighted by Gasteiger charge is 2.16. The quantitative estimate of drug-likeness (QED) is 0.751. The van der Waals surface area contributed by atoms with Gasteiger partial charge >= 0.3 is 6.03 Å². The number of hydrogen-bond donors (Lipinski definition) is 2. The molecule has 0 fully saturated rings. The predicted molar refractivity (Wildman–Crippen MR) is 92.9 cm³/mol. The highest BCUT2D eigenvalue weighted by atomic mass is 32.1. The van der Waals surface area contributed by atoms with Gasteiger partial charge in [0.1, 0.15) is 6.04 Å². The van der Waals surface area contributed by atoms with E-state index in [1.54, 1.807) is 17.5 Å². The Balaban J connectivity index is 1.62. The van der Waals surface area contributed by atoms with Gasteiger partial charge in [-0.05, 0) is 36.6 Å². The molecule has 1 atom stereocenters. The lowest BCUT2D eigenvalue weighted by Crippen LogP contribution is -2.34. The highest BCUT2D eigenvalue weighted by molar-refractivity contribution is 7.10. The van der Waals surface area contributed by atoms with Gasteiger partial charge in [0.15, 0.2) is 0 Å². The van der Waals surface area contributed by atoms with Gasteiger partial charge in [0.25, 0.3) is 0 Å². The van der Waals surface area contributed by atoms with E-state index in [0.717, 1.165) is 16.1 Å². The largest absolute Gasteiger partial charge is 0.335 e. The van der Waals surface area contributed by atoms with Gasteiger partial charge in [-0.2, -0.15) is 5.10 Å². The Labute approximate surface area is 139 Å². The van der Waals surface area contributed by atoms with Crippen LogP contribution in [0.15, 0.2) is 60.2 Å². The van der Waals surface area contributed by atoms with E-state index in [-0.39, 0.29) is 12.1 Å². The van der Waals surface area contributed by atoms with Crippen LogP contribution >= 0.6 is 11.3 Å². The maximum absolute atomic E-state index is 12.1. The summed E-state index contributed by atoms with van der Waals surface area (Å²) < 4.78 is 1.86. The Morgan fingerprint density at radius 2 is 2.09 bits per heavy atom. The third-order valence-electron chi connectivity index (χ3n) is 3.48. The molecule has 23 heavy (non-hydrogen) atoms. The van der Waals surface area contributed by atoms with Gasteiger partial charge in [0.2, 0.25) is 0 Å². The molecule has 2 amide bonds. The third kappa shape index (κ3) is 3.98. The van der Waals surface area contributed by atoms with Crippen LogP contribution in [-0.4, -0.2) is 22.4 Å². The molecule has 3 aromatic rings. The van der Waals surface area contributed by atoms with Crippen LogP contribution in [0.25, 0.3) is 0 Å². The van der Waals surface area contributed by atoms with Crippen LogP contribution in [0.3, 0.4) is 0 Å². The number of nitrogens with zero attached hydrogens (tertiary/aromatic N) is 2. The second-order valence-electron chi connectivity index (χ2n) is 5.22. The van der Waals surface area contributed by atoms with E-state index in [1.807, 2.05) is 59.6 Å². The first-order valence-corrected chi connectivity index (χ1v) is 8.24. The summed E-state index contributed by atoms with van der Waals surface area (Å²) in [6, 6.07) is 13.4. The molecule has 1 unspecified atom stereocenters. The fraction of sp³-hybridized carbons (Fsp3) is 0.176. The van der Waals surface area contributed by atoms with Gasteiger partial charge in [0, 0.05) is 29.5 Å². The minimum atomic E-state index is -0.220. The summed E-state index contributed by atoms with van der Waals surface area (Å²) in [5, 5.41) is 12.1. The van der Waals surface area contributed by atoms with E-state index in [1.165, 1.54) is 0 Å². The second-order valence-corrected chi connectivity index (χ2v) is 6.20. The number of carbonyl (C=O) groups is 1. The van der Waals surface area contributed by atoms with Gasteiger partial charge < -0.3 is 10.6 Å². The number of benzene rings is 1. The van der Waals surface area contributed by atoms with Crippen molar-refractivity contribution in [1.82, 2.24) is 15.1 Å². The van der Waals surface area contributed by atoms with E-state index in [9.17, 15) is 4.79 Å². The minimum Gasteiger partial charge on any atom is -0.335 e. The zero-order chi connectivity index (χ0) is 16.1. The molecule has 0 spiro atoms. The van der Waals surface area contributed by atoms with Crippen LogP contribution < -0.4 is 10.6 Å². The van der Waals surface area contributed by atoms with Crippen molar-refractivity contribution in [3.8, 4) is 0 Å². The van der Waals surface area contributed by atoms with Gasteiger partial charge in [-0.25, -0.2) is 4.79 Å². The highest BCUT2D eigenvalue weighted by Crippen LogP contribution is 2.21. The van der Waals surface area contributed by atoms with Crippen LogP contribution in [0, 0.1) is 6.92 Å². The van der Waals surface area contributed by atoms with Crippen LogP contribution in [0.2, 0.25) is 0 Å². The molecule has 2 heterocycles. The molecule has 2 N–H and O–H groups in total. The van der Waals surface area contributed by atoms with Crippen molar-refractivity contribution in [1.29, 1.82) is 0 Å². The molecular formula is C17H18N4OS. The standard InChI is InChI=1S/C17H18N4OS/c1-13-5-7-14(8-6-13)20-17(22)18-12-15(16-4-2-11-23-16)21-10-3-9-19-21/h2-11,15H,12H2,1H3,(H2,18,20,22). The van der Waals surface area contributed by atoms with Crippen LogP contribution in [0.4, 0.5) is 10.5 Å². The number of anilines is 1. The summed E-state index contributed by atoms with van der Waals surface area (Å²) in [6.07, 6.45) is 3.65. The number of nitrogens with one attached hydrogen (secondary N) is 2. The Hall–Kier alpha value is -2.60. The molecule has 6 heteroatoms. The van der Waals surface area contributed by atoms with Crippen molar-refractivity contribution in [3.05, 3.63) is 70.7 Å². The third-order valence-corrected chi connectivity index (χ3v) is 4.45. The van der Waals surface area contributed by atoms with Gasteiger partial charge in [-0.3, -0.25) is 4.68 Å². The number of hydrogen-bond acceptors (Lipinski definition) is 3. The van der Waals surface area contributed by atoms with E-state index in [2.05, 4.69) is 21.8 Å². The summed E-state index contributed by atoms with van der Waals surface area (Å²) in [6.45, 7) is 2.49. The van der Waals surface area contributed by atoms with E-state index < -0.39 is 0 Å². The summed E-state index contributed by atoms with van der Waals surface area (Å²) in [7, 11) is 0. The molecule has 0 aliphatic heterocycles. The van der Waals surface area contributed by atoms with Gasteiger partial charge in [0.05, 0.1) is 0 Å². The fourth-order valence-corrected chi connectivity index (χ4v) is 3.09. The maximum atomic E-state index is 12.1. The number of urea groups is 1. The Morgan fingerprint density at radius 1 is 1.26 bits per heavy atom. The molecular weight excluding hydrogens is 308 g/mol. The van der Waals surface area contributed by atoms with Crippen molar-refractivity contribution in [2.75, 3.05) is 11.9 Å². The van der Waals surface area contributed by atoms with E-state index in [4.69, 9.17) is 0 Å². The Kier molecular flexibility index (Phi) is 4.73. The fourth-order valence-electron chi connectivity index (χ4n) is 2.27. The smallest absolute Gasteiger partial charge is 0.319 e. The van der Waals surface area contributed by atoms with Gasteiger partial charge in [-0.1, -0.05) is 23.8 Å².